The molecule has 4 N–H and O–H groups in total. The van der Waals surface area contributed by atoms with Crippen molar-refractivity contribution in [1.29, 1.82) is 0 Å². The topological polar surface area (TPSA) is 50.1 Å². The highest BCUT2D eigenvalue weighted by Gasteiger charge is 1.83. The fourth-order valence-electron chi connectivity index (χ4n) is 0.706. The Hall–Kier alpha value is -0.120. The van der Waals surface area contributed by atoms with Gasteiger partial charge >= 0.3 is 0 Å². The summed E-state index contributed by atoms with van der Waals surface area (Å²) in [7, 11) is 0. The molecule has 0 atom stereocenters. The second-order valence-electron chi connectivity index (χ2n) is 2.29. The molecule has 0 aromatic rings. The summed E-state index contributed by atoms with van der Waals surface area (Å²) in [5, 5.41) is 6.50. The normalized spacial score (nSPS) is 9.00. The first-order valence-corrected chi connectivity index (χ1v) is 5.03. The van der Waals surface area contributed by atoms with E-state index in [1.807, 2.05) is 13.8 Å². The van der Waals surface area contributed by atoms with E-state index in [4.69, 9.17) is 5.73 Å². The first-order chi connectivity index (χ1) is 5.91. The van der Waals surface area contributed by atoms with E-state index in [-0.39, 0.29) is 0 Å². The minimum absolute atomic E-state index is 0.730. The Balaban J connectivity index is 0. The fraction of sp³-hybridized carbons (Fsp3) is 1.00. The zero-order chi connectivity index (χ0) is 9.66. The van der Waals surface area contributed by atoms with Crippen LogP contribution < -0.4 is 16.4 Å². The van der Waals surface area contributed by atoms with E-state index in [1.165, 1.54) is 6.42 Å². The van der Waals surface area contributed by atoms with Crippen molar-refractivity contribution in [3.05, 3.63) is 0 Å². The molecule has 0 saturated carbocycles. The molecule has 0 fully saturated rings. The van der Waals surface area contributed by atoms with Crippen LogP contribution in [0.3, 0.4) is 0 Å². The van der Waals surface area contributed by atoms with Gasteiger partial charge in [-0.15, -0.1) is 0 Å². The molecule has 0 radical (unpaired) electrons. The molecular weight excluding hydrogens is 150 g/mol. The summed E-state index contributed by atoms with van der Waals surface area (Å²) in [6.07, 6.45) is 1.21. The van der Waals surface area contributed by atoms with Crippen molar-refractivity contribution in [2.45, 2.75) is 27.2 Å². The van der Waals surface area contributed by atoms with Crippen molar-refractivity contribution in [3.63, 3.8) is 0 Å². The standard InChI is InChI=1S/C7H19N3.C2H6/c1-2-4-9-6-7-10-5-3-8;1-2/h9-10H,2-8H2,1H3;1-2H3. The second kappa shape index (κ2) is 17.1. The summed E-state index contributed by atoms with van der Waals surface area (Å²) in [6, 6.07) is 0. The van der Waals surface area contributed by atoms with Crippen molar-refractivity contribution in [2.24, 2.45) is 5.73 Å². The number of hydrogen-bond acceptors (Lipinski definition) is 3. The third-order valence-corrected chi connectivity index (χ3v) is 1.23. The summed E-state index contributed by atoms with van der Waals surface area (Å²) in [6.45, 7) is 11.0. The van der Waals surface area contributed by atoms with Gasteiger partial charge in [-0.2, -0.15) is 0 Å². The average molecular weight is 175 g/mol. The zero-order valence-corrected chi connectivity index (χ0v) is 8.82. The quantitative estimate of drug-likeness (QED) is 0.496. The highest BCUT2D eigenvalue weighted by atomic mass is 14.9. The van der Waals surface area contributed by atoms with Gasteiger partial charge in [-0.25, -0.2) is 0 Å². The molecule has 0 aliphatic carbocycles. The predicted octanol–water partition coefficient (Wildman–Crippen LogP) is 0.561. The zero-order valence-electron chi connectivity index (χ0n) is 8.82. The van der Waals surface area contributed by atoms with Crippen molar-refractivity contribution in [1.82, 2.24) is 10.6 Å². The molecule has 0 spiro atoms. The minimum atomic E-state index is 0.730. The van der Waals surface area contributed by atoms with Gasteiger partial charge in [0.15, 0.2) is 0 Å². The lowest BCUT2D eigenvalue weighted by atomic mass is 10.4. The number of nitrogens with one attached hydrogen (secondary N) is 2. The van der Waals surface area contributed by atoms with Crippen LogP contribution in [0.5, 0.6) is 0 Å². The Labute approximate surface area is 77.1 Å². The lowest BCUT2D eigenvalue weighted by Gasteiger charge is -2.03. The molecule has 12 heavy (non-hydrogen) atoms. The molecule has 76 valence electrons. The van der Waals surface area contributed by atoms with E-state index in [2.05, 4.69) is 17.6 Å². The number of nitrogens with two attached hydrogens (primary N) is 1. The van der Waals surface area contributed by atoms with Crippen LogP contribution in [-0.4, -0.2) is 32.7 Å². The fourth-order valence-corrected chi connectivity index (χ4v) is 0.706. The van der Waals surface area contributed by atoms with E-state index >= 15 is 0 Å². The van der Waals surface area contributed by atoms with Gasteiger partial charge < -0.3 is 16.4 Å². The molecule has 0 bridgehead atoms. The Morgan fingerprint density at radius 1 is 0.917 bits per heavy atom. The molecule has 0 aliphatic heterocycles. The van der Waals surface area contributed by atoms with Crippen LogP contribution in [0.4, 0.5) is 0 Å². The van der Waals surface area contributed by atoms with Crippen LogP contribution in [0, 0.1) is 0 Å². The number of rotatable bonds is 7. The van der Waals surface area contributed by atoms with Crippen molar-refractivity contribution >= 4 is 0 Å². The first kappa shape index (κ1) is 14.4. The molecule has 0 amide bonds. The maximum Gasteiger partial charge on any atom is 0.00772 e. The largest absolute Gasteiger partial charge is 0.329 e. The van der Waals surface area contributed by atoms with E-state index in [1.54, 1.807) is 0 Å². The molecule has 0 rings (SSSR count). The van der Waals surface area contributed by atoms with Gasteiger partial charge in [0.1, 0.15) is 0 Å². The van der Waals surface area contributed by atoms with Crippen LogP contribution in [0.25, 0.3) is 0 Å². The SMILES string of the molecule is CC.CCCNCCNCCN. The van der Waals surface area contributed by atoms with Crippen LogP contribution in [0.15, 0.2) is 0 Å². The maximum absolute atomic E-state index is 5.29. The first-order valence-electron chi connectivity index (χ1n) is 5.03. The van der Waals surface area contributed by atoms with E-state index < -0.39 is 0 Å². The van der Waals surface area contributed by atoms with Gasteiger partial charge in [0.2, 0.25) is 0 Å². The summed E-state index contributed by atoms with van der Waals surface area (Å²) in [5.41, 5.74) is 5.29. The Morgan fingerprint density at radius 2 is 1.42 bits per heavy atom. The lowest BCUT2D eigenvalue weighted by molar-refractivity contribution is 0.610. The van der Waals surface area contributed by atoms with Crippen molar-refractivity contribution in [3.8, 4) is 0 Å². The minimum Gasteiger partial charge on any atom is -0.329 e. The predicted molar refractivity (Wildman–Crippen MR) is 56.4 cm³/mol. The van der Waals surface area contributed by atoms with Gasteiger partial charge in [0.25, 0.3) is 0 Å². The molecule has 0 saturated heterocycles. The molecule has 0 heterocycles. The van der Waals surface area contributed by atoms with Gasteiger partial charge in [-0.1, -0.05) is 20.8 Å². The van der Waals surface area contributed by atoms with Crippen LogP contribution >= 0.6 is 0 Å². The summed E-state index contributed by atoms with van der Waals surface area (Å²) in [4.78, 5) is 0. The highest BCUT2D eigenvalue weighted by Crippen LogP contribution is 1.67. The lowest BCUT2D eigenvalue weighted by Crippen LogP contribution is -2.30. The van der Waals surface area contributed by atoms with Crippen LogP contribution in [0.2, 0.25) is 0 Å². The van der Waals surface area contributed by atoms with Gasteiger partial charge in [-0.3, -0.25) is 0 Å². The molecule has 3 nitrogen and oxygen atoms in total. The van der Waals surface area contributed by atoms with E-state index in [9.17, 15) is 0 Å². The molecule has 0 aromatic heterocycles. The van der Waals surface area contributed by atoms with Crippen molar-refractivity contribution < 1.29 is 0 Å². The van der Waals surface area contributed by atoms with E-state index in [0.717, 1.165) is 32.7 Å². The smallest absolute Gasteiger partial charge is 0.00772 e. The maximum atomic E-state index is 5.29. The monoisotopic (exact) mass is 175 g/mol. The summed E-state index contributed by atoms with van der Waals surface area (Å²) in [5.74, 6) is 0. The summed E-state index contributed by atoms with van der Waals surface area (Å²) >= 11 is 0. The molecule has 0 aliphatic rings. The third kappa shape index (κ3) is 16.5. The van der Waals surface area contributed by atoms with Gasteiger partial charge in [0.05, 0.1) is 0 Å². The molecular formula is C9H25N3. The average Bonchev–Trinajstić information content (AvgIpc) is 2.15. The van der Waals surface area contributed by atoms with E-state index in [0.29, 0.717) is 0 Å². The highest BCUT2D eigenvalue weighted by molar-refractivity contribution is 4.50. The summed E-state index contributed by atoms with van der Waals surface area (Å²) < 4.78 is 0. The Kier molecular flexibility index (Phi) is 20.5. The Bertz CT molecular complexity index is 49.7. The number of hydrogen-bond donors (Lipinski definition) is 3. The van der Waals surface area contributed by atoms with Crippen molar-refractivity contribution in [2.75, 3.05) is 32.7 Å². The van der Waals surface area contributed by atoms with Gasteiger partial charge in [0, 0.05) is 26.2 Å². The van der Waals surface area contributed by atoms with Gasteiger partial charge in [-0.05, 0) is 13.0 Å². The molecule has 0 unspecified atom stereocenters. The molecule has 0 aromatic carbocycles. The second-order valence-corrected chi connectivity index (χ2v) is 2.29. The van der Waals surface area contributed by atoms with Crippen LogP contribution in [0.1, 0.15) is 27.2 Å². The van der Waals surface area contributed by atoms with Crippen LogP contribution in [-0.2, 0) is 0 Å². The molecule has 3 heteroatoms. The Morgan fingerprint density at radius 3 is 1.83 bits per heavy atom. The third-order valence-electron chi connectivity index (χ3n) is 1.23.